The molecule has 18 heavy (non-hydrogen) atoms. The van der Waals surface area contributed by atoms with Crippen LogP contribution in [0.1, 0.15) is 11.5 Å². The number of hydrogen-bond donors (Lipinski definition) is 1. The van der Waals surface area contributed by atoms with E-state index in [1.54, 1.807) is 6.20 Å². The summed E-state index contributed by atoms with van der Waals surface area (Å²) < 4.78 is 1.93. The number of aliphatic hydroxyl groups excluding tert-OH is 1. The number of imidazole rings is 1. The Hall–Kier alpha value is -2.20. The summed E-state index contributed by atoms with van der Waals surface area (Å²) in [6.45, 7) is 1.87. The molecule has 0 aliphatic carbocycles. The summed E-state index contributed by atoms with van der Waals surface area (Å²) in [7, 11) is 0. The van der Waals surface area contributed by atoms with Crippen LogP contribution in [-0.2, 0) is 6.61 Å². The molecule has 1 N–H and O–H groups in total. The van der Waals surface area contributed by atoms with Crippen molar-refractivity contribution in [2.45, 2.75) is 13.5 Å². The fraction of sp³-hybridized carbons (Fsp3) is 0.143. The van der Waals surface area contributed by atoms with Crippen LogP contribution < -0.4 is 0 Å². The first-order valence-electron chi connectivity index (χ1n) is 5.79. The lowest BCUT2D eigenvalue weighted by molar-refractivity contribution is 0.277. The van der Waals surface area contributed by atoms with Crippen molar-refractivity contribution in [3.05, 3.63) is 54.2 Å². The van der Waals surface area contributed by atoms with Gasteiger partial charge >= 0.3 is 0 Å². The molecule has 2 heterocycles. The maximum Gasteiger partial charge on any atom is 0.146 e. The molecule has 0 saturated heterocycles. The lowest BCUT2D eigenvalue weighted by Crippen LogP contribution is -2.02. The van der Waals surface area contributed by atoms with Crippen LogP contribution in [0.5, 0.6) is 0 Å². The highest BCUT2D eigenvalue weighted by molar-refractivity contribution is 5.88. The lowest BCUT2D eigenvalue weighted by Gasteiger charge is -2.10. The molecule has 4 nitrogen and oxygen atoms in total. The van der Waals surface area contributed by atoms with Gasteiger partial charge in [-0.15, -0.1) is 0 Å². The Labute approximate surface area is 105 Å². The molecular weight excluding hydrogens is 226 g/mol. The van der Waals surface area contributed by atoms with E-state index in [9.17, 15) is 5.11 Å². The standard InChI is InChI=1S/C14H13N3O/c1-10-15-6-7-17(10)14-13-5-3-2-4-11(13)8-12(9-18)16-14/h2-8,18H,9H2,1H3. The van der Waals surface area contributed by atoms with Crippen molar-refractivity contribution in [1.29, 1.82) is 0 Å². The Bertz CT molecular complexity index is 703. The highest BCUT2D eigenvalue weighted by Crippen LogP contribution is 2.22. The number of aryl methyl sites for hydroxylation is 1. The van der Waals surface area contributed by atoms with E-state index in [1.165, 1.54) is 0 Å². The monoisotopic (exact) mass is 239 g/mol. The molecule has 0 radical (unpaired) electrons. The predicted molar refractivity (Wildman–Crippen MR) is 69.5 cm³/mol. The molecule has 0 spiro atoms. The van der Waals surface area contributed by atoms with Gasteiger partial charge in [0.25, 0.3) is 0 Å². The van der Waals surface area contributed by atoms with Gasteiger partial charge in [-0.25, -0.2) is 9.97 Å². The molecule has 0 unspecified atom stereocenters. The SMILES string of the molecule is Cc1nccn1-c1nc(CO)cc2ccccc12. The van der Waals surface area contributed by atoms with E-state index in [0.29, 0.717) is 5.69 Å². The Morgan fingerprint density at radius 3 is 2.83 bits per heavy atom. The second-order valence-electron chi connectivity index (χ2n) is 4.16. The third kappa shape index (κ3) is 1.67. The number of rotatable bonds is 2. The Morgan fingerprint density at radius 2 is 2.11 bits per heavy atom. The minimum absolute atomic E-state index is 0.0639. The van der Waals surface area contributed by atoms with Crippen molar-refractivity contribution in [3.63, 3.8) is 0 Å². The highest BCUT2D eigenvalue weighted by atomic mass is 16.3. The molecule has 3 aromatic rings. The largest absolute Gasteiger partial charge is 0.390 e. The molecule has 1 aromatic carbocycles. The first-order valence-corrected chi connectivity index (χ1v) is 5.79. The number of pyridine rings is 1. The van der Waals surface area contributed by atoms with Gasteiger partial charge in [0.2, 0.25) is 0 Å². The summed E-state index contributed by atoms with van der Waals surface area (Å²) in [4.78, 5) is 8.71. The quantitative estimate of drug-likeness (QED) is 0.746. The van der Waals surface area contributed by atoms with E-state index >= 15 is 0 Å². The van der Waals surface area contributed by atoms with Crippen LogP contribution in [0, 0.1) is 6.92 Å². The maximum absolute atomic E-state index is 9.30. The van der Waals surface area contributed by atoms with Gasteiger partial charge in [-0.2, -0.15) is 0 Å². The summed E-state index contributed by atoms with van der Waals surface area (Å²) in [5, 5.41) is 11.4. The van der Waals surface area contributed by atoms with Gasteiger partial charge < -0.3 is 5.11 Å². The van der Waals surface area contributed by atoms with Gasteiger partial charge in [0.1, 0.15) is 11.6 Å². The number of aliphatic hydroxyl groups is 1. The Morgan fingerprint density at radius 1 is 1.28 bits per heavy atom. The van der Waals surface area contributed by atoms with Gasteiger partial charge in [-0.05, 0) is 18.4 Å². The fourth-order valence-electron chi connectivity index (χ4n) is 2.10. The summed E-state index contributed by atoms with van der Waals surface area (Å²) >= 11 is 0. The van der Waals surface area contributed by atoms with Crippen molar-refractivity contribution >= 4 is 10.8 Å². The third-order valence-electron chi connectivity index (χ3n) is 2.99. The Kier molecular flexibility index (Phi) is 2.57. The van der Waals surface area contributed by atoms with E-state index in [4.69, 9.17) is 0 Å². The maximum atomic E-state index is 9.30. The zero-order valence-electron chi connectivity index (χ0n) is 10.0. The minimum Gasteiger partial charge on any atom is -0.390 e. The molecule has 0 bridgehead atoms. The lowest BCUT2D eigenvalue weighted by atomic mass is 10.1. The molecule has 0 atom stereocenters. The van der Waals surface area contributed by atoms with E-state index in [1.807, 2.05) is 48.0 Å². The molecule has 3 rings (SSSR count). The molecule has 2 aromatic heterocycles. The van der Waals surface area contributed by atoms with Gasteiger partial charge in [-0.3, -0.25) is 4.57 Å². The number of nitrogens with zero attached hydrogens (tertiary/aromatic N) is 3. The zero-order valence-corrected chi connectivity index (χ0v) is 10.0. The minimum atomic E-state index is -0.0639. The number of fused-ring (bicyclic) bond motifs is 1. The number of hydrogen-bond acceptors (Lipinski definition) is 3. The average Bonchev–Trinajstić information content (AvgIpc) is 2.83. The average molecular weight is 239 g/mol. The zero-order chi connectivity index (χ0) is 12.5. The van der Waals surface area contributed by atoms with Gasteiger partial charge in [0.05, 0.1) is 12.3 Å². The summed E-state index contributed by atoms with van der Waals surface area (Å²) in [6, 6.07) is 9.92. The van der Waals surface area contributed by atoms with Crippen LogP contribution >= 0.6 is 0 Å². The fourth-order valence-corrected chi connectivity index (χ4v) is 2.10. The number of benzene rings is 1. The van der Waals surface area contributed by atoms with Crippen LogP contribution in [0.15, 0.2) is 42.7 Å². The molecule has 0 amide bonds. The van der Waals surface area contributed by atoms with Crippen molar-refractivity contribution in [1.82, 2.24) is 14.5 Å². The number of aromatic nitrogens is 3. The van der Waals surface area contributed by atoms with Crippen molar-refractivity contribution in [3.8, 4) is 5.82 Å². The van der Waals surface area contributed by atoms with E-state index < -0.39 is 0 Å². The molecular formula is C14H13N3O. The molecule has 0 fully saturated rings. The van der Waals surface area contributed by atoms with E-state index in [2.05, 4.69) is 9.97 Å². The topological polar surface area (TPSA) is 50.9 Å². The van der Waals surface area contributed by atoms with Crippen LogP contribution in [-0.4, -0.2) is 19.6 Å². The molecule has 0 aliphatic heterocycles. The summed E-state index contributed by atoms with van der Waals surface area (Å²) in [6.07, 6.45) is 3.63. The van der Waals surface area contributed by atoms with Crippen LogP contribution in [0.25, 0.3) is 16.6 Å². The molecule has 4 heteroatoms. The van der Waals surface area contributed by atoms with Crippen LogP contribution in [0.2, 0.25) is 0 Å². The predicted octanol–water partition coefficient (Wildman–Crippen LogP) is 2.22. The molecule has 0 aliphatic rings. The molecule has 90 valence electrons. The van der Waals surface area contributed by atoms with Crippen LogP contribution in [0.4, 0.5) is 0 Å². The van der Waals surface area contributed by atoms with Gasteiger partial charge in [-0.1, -0.05) is 24.3 Å². The van der Waals surface area contributed by atoms with Gasteiger partial charge in [0.15, 0.2) is 0 Å². The van der Waals surface area contributed by atoms with E-state index in [0.717, 1.165) is 22.4 Å². The third-order valence-corrected chi connectivity index (χ3v) is 2.99. The summed E-state index contributed by atoms with van der Waals surface area (Å²) in [5.41, 5.74) is 0.664. The summed E-state index contributed by atoms with van der Waals surface area (Å²) in [5.74, 6) is 1.69. The van der Waals surface area contributed by atoms with Crippen molar-refractivity contribution < 1.29 is 5.11 Å². The smallest absolute Gasteiger partial charge is 0.146 e. The first-order chi connectivity index (χ1) is 8.79. The van der Waals surface area contributed by atoms with E-state index in [-0.39, 0.29) is 6.61 Å². The molecule has 0 saturated carbocycles. The highest BCUT2D eigenvalue weighted by Gasteiger charge is 2.09. The first kappa shape index (κ1) is 10.9. The normalized spacial score (nSPS) is 11.0. The second-order valence-corrected chi connectivity index (χ2v) is 4.16. The second kappa shape index (κ2) is 4.23. The van der Waals surface area contributed by atoms with Crippen LogP contribution in [0.3, 0.4) is 0 Å². The van der Waals surface area contributed by atoms with Crippen molar-refractivity contribution in [2.75, 3.05) is 0 Å². The van der Waals surface area contributed by atoms with Gasteiger partial charge in [0, 0.05) is 17.8 Å². The van der Waals surface area contributed by atoms with Crippen molar-refractivity contribution in [2.24, 2.45) is 0 Å². The Balaban J connectivity index is 2.36.